The number of phenols is 1. The number of phenolic OH excluding ortho intramolecular Hbond substituents is 1. The first kappa shape index (κ1) is 11.5. The maximum absolute atomic E-state index is 11.0. The molecule has 0 spiro atoms. The molecule has 0 fully saturated rings. The van der Waals surface area contributed by atoms with Gasteiger partial charge in [-0.05, 0) is 12.1 Å². The molecular weight excluding hydrogens is 166 g/mol. The topological polar surface area (TPSA) is 49.3 Å². The summed E-state index contributed by atoms with van der Waals surface area (Å²) in [6.07, 6.45) is 0. The molecule has 1 aromatic rings. The van der Waals surface area contributed by atoms with Gasteiger partial charge in [0.1, 0.15) is 5.75 Å². The second-order valence-electron chi connectivity index (χ2n) is 2.10. The average Bonchev–Trinajstić information content (AvgIpc) is 2.20. The molecule has 0 saturated carbocycles. The van der Waals surface area contributed by atoms with E-state index in [4.69, 9.17) is 5.11 Å². The Morgan fingerprint density at radius 2 is 1.85 bits per heavy atom. The largest absolute Gasteiger partial charge is 0.507 e. The minimum absolute atomic E-state index is 0.00634. The van der Waals surface area contributed by atoms with Crippen molar-refractivity contribution in [3.63, 3.8) is 0 Å². The van der Waals surface area contributed by atoms with Crippen molar-refractivity contribution in [3.8, 4) is 5.75 Å². The molecule has 0 atom stereocenters. The number of nitrogens with one attached hydrogen (secondary N) is 1. The summed E-state index contributed by atoms with van der Waals surface area (Å²) in [5, 5.41) is 11.6. The van der Waals surface area contributed by atoms with Crippen LogP contribution in [0, 0.1) is 0 Å². The molecule has 13 heavy (non-hydrogen) atoms. The van der Waals surface area contributed by atoms with Gasteiger partial charge in [-0.15, -0.1) is 0 Å². The number of rotatable bonds is 1. The van der Waals surface area contributed by atoms with Crippen LogP contribution < -0.4 is 5.32 Å². The van der Waals surface area contributed by atoms with E-state index in [1.54, 1.807) is 18.2 Å². The average molecular weight is 181 g/mol. The van der Waals surface area contributed by atoms with Crippen LogP contribution in [0.2, 0.25) is 0 Å². The third-order valence-electron chi connectivity index (χ3n) is 1.38. The Morgan fingerprint density at radius 3 is 2.31 bits per heavy atom. The van der Waals surface area contributed by atoms with Gasteiger partial charge >= 0.3 is 0 Å². The fourth-order valence-corrected chi connectivity index (χ4v) is 0.800. The van der Waals surface area contributed by atoms with Crippen molar-refractivity contribution in [2.24, 2.45) is 0 Å². The van der Waals surface area contributed by atoms with Crippen LogP contribution in [0.3, 0.4) is 0 Å². The van der Waals surface area contributed by atoms with Gasteiger partial charge in [-0.2, -0.15) is 0 Å². The molecule has 0 aliphatic heterocycles. The lowest BCUT2D eigenvalue weighted by Crippen LogP contribution is -2.17. The van der Waals surface area contributed by atoms with E-state index in [9.17, 15) is 4.79 Å². The predicted molar refractivity (Wildman–Crippen MR) is 52.8 cm³/mol. The molecule has 0 unspecified atom stereocenters. The molecule has 0 bridgehead atoms. The molecule has 3 heteroatoms. The van der Waals surface area contributed by atoms with Crippen LogP contribution in [0.5, 0.6) is 5.75 Å². The number of hydrogen-bond donors (Lipinski definition) is 2. The molecule has 1 aromatic carbocycles. The number of carbonyl (C=O) groups is 1. The molecule has 0 radical (unpaired) electrons. The SMILES string of the molecule is CC.CNC(=O)c1ccccc1O. The van der Waals surface area contributed by atoms with Crippen LogP contribution in [-0.2, 0) is 0 Å². The van der Waals surface area contributed by atoms with Crippen molar-refractivity contribution in [1.29, 1.82) is 0 Å². The van der Waals surface area contributed by atoms with Crippen LogP contribution >= 0.6 is 0 Å². The van der Waals surface area contributed by atoms with Gasteiger partial charge in [-0.25, -0.2) is 0 Å². The third kappa shape index (κ3) is 3.15. The predicted octanol–water partition coefficient (Wildman–Crippen LogP) is 1.78. The lowest BCUT2D eigenvalue weighted by Gasteiger charge is -2.00. The summed E-state index contributed by atoms with van der Waals surface area (Å²) < 4.78 is 0. The molecule has 0 saturated heterocycles. The quantitative estimate of drug-likeness (QED) is 0.693. The van der Waals surface area contributed by atoms with E-state index in [2.05, 4.69) is 5.32 Å². The van der Waals surface area contributed by atoms with Crippen molar-refractivity contribution in [3.05, 3.63) is 29.8 Å². The first-order chi connectivity index (χ1) is 6.25. The van der Waals surface area contributed by atoms with Gasteiger partial charge in [-0.1, -0.05) is 26.0 Å². The molecule has 0 aliphatic carbocycles. The zero-order chi connectivity index (χ0) is 10.3. The molecular formula is C10H15NO2. The standard InChI is InChI=1S/C8H9NO2.C2H6/c1-9-8(11)6-4-2-3-5-7(6)10;1-2/h2-5,10H,1H3,(H,9,11);1-2H3. The van der Waals surface area contributed by atoms with Crippen molar-refractivity contribution in [1.82, 2.24) is 5.32 Å². The fourth-order valence-electron chi connectivity index (χ4n) is 0.800. The highest BCUT2D eigenvalue weighted by Crippen LogP contribution is 2.14. The van der Waals surface area contributed by atoms with E-state index in [1.165, 1.54) is 13.1 Å². The summed E-state index contributed by atoms with van der Waals surface area (Å²) in [5.74, 6) is -0.269. The summed E-state index contributed by atoms with van der Waals surface area (Å²) in [6.45, 7) is 4.00. The summed E-state index contributed by atoms with van der Waals surface area (Å²) >= 11 is 0. The van der Waals surface area contributed by atoms with Gasteiger partial charge in [-0.3, -0.25) is 4.79 Å². The van der Waals surface area contributed by atoms with Crippen molar-refractivity contribution >= 4 is 5.91 Å². The van der Waals surface area contributed by atoms with Crippen molar-refractivity contribution in [2.45, 2.75) is 13.8 Å². The van der Waals surface area contributed by atoms with Gasteiger partial charge < -0.3 is 10.4 Å². The molecule has 0 aliphatic rings. The first-order valence-electron chi connectivity index (χ1n) is 4.26. The van der Waals surface area contributed by atoms with E-state index in [1.807, 2.05) is 13.8 Å². The van der Waals surface area contributed by atoms with E-state index >= 15 is 0 Å². The van der Waals surface area contributed by atoms with Crippen LogP contribution in [0.25, 0.3) is 0 Å². The fraction of sp³-hybridized carbons (Fsp3) is 0.300. The summed E-state index contributed by atoms with van der Waals surface area (Å²) in [6, 6.07) is 6.41. The minimum atomic E-state index is -0.275. The molecule has 3 nitrogen and oxygen atoms in total. The highest BCUT2D eigenvalue weighted by Gasteiger charge is 2.06. The second kappa shape index (κ2) is 6.06. The summed E-state index contributed by atoms with van der Waals surface area (Å²) in [5.41, 5.74) is 0.301. The minimum Gasteiger partial charge on any atom is -0.507 e. The second-order valence-corrected chi connectivity index (χ2v) is 2.10. The van der Waals surface area contributed by atoms with Crippen LogP contribution in [0.4, 0.5) is 0 Å². The van der Waals surface area contributed by atoms with Crippen molar-refractivity contribution < 1.29 is 9.90 Å². The molecule has 1 amide bonds. The van der Waals surface area contributed by atoms with Crippen LogP contribution in [0.1, 0.15) is 24.2 Å². The lowest BCUT2D eigenvalue weighted by molar-refractivity contribution is 0.0960. The zero-order valence-corrected chi connectivity index (χ0v) is 8.16. The Hall–Kier alpha value is -1.51. The third-order valence-corrected chi connectivity index (χ3v) is 1.38. The number of carbonyl (C=O) groups excluding carboxylic acids is 1. The van der Waals surface area contributed by atoms with E-state index in [0.717, 1.165) is 0 Å². The van der Waals surface area contributed by atoms with Crippen LogP contribution in [-0.4, -0.2) is 18.1 Å². The molecule has 72 valence electrons. The Bertz CT molecular complexity index is 271. The van der Waals surface area contributed by atoms with Gasteiger partial charge in [0.05, 0.1) is 5.56 Å². The van der Waals surface area contributed by atoms with Gasteiger partial charge in [0.25, 0.3) is 5.91 Å². The van der Waals surface area contributed by atoms with E-state index in [-0.39, 0.29) is 11.7 Å². The Morgan fingerprint density at radius 1 is 1.31 bits per heavy atom. The number of amides is 1. The molecule has 0 heterocycles. The Balaban J connectivity index is 0.000000671. The zero-order valence-electron chi connectivity index (χ0n) is 8.16. The number of aromatic hydroxyl groups is 1. The van der Waals surface area contributed by atoms with E-state index < -0.39 is 0 Å². The number of hydrogen-bond acceptors (Lipinski definition) is 2. The number of benzene rings is 1. The normalized spacial score (nSPS) is 8.23. The summed E-state index contributed by atoms with van der Waals surface area (Å²) in [4.78, 5) is 11.0. The monoisotopic (exact) mass is 181 g/mol. The van der Waals surface area contributed by atoms with Gasteiger partial charge in [0.2, 0.25) is 0 Å². The summed E-state index contributed by atoms with van der Waals surface area (Å²) in [7, 11) is 1.52. The van der Waals surface area contributed by atoms with Gasteiger partial charge in [0.15, 0.2) is 0 Å². The Labute approximate surface area is 78.4 Å². The molecule has 0 aromatic heterocycles. The lowest BCUT2D eigenvalue weighted by atomic mass is 10.2. The Kier molecular flexibility index (Phi) is 5.35. The first-order valence-corrected chi connectivity index (χ1v) is 4.26. The van der Waals surface area contributed by atoms with Crippen molar-refractivity contribution in [2.75, 3.05) is 7.05 Å². The maximum Gasteiger partial charge on any atom is 0.254 e. The van der Waals surface area contributed by atoms with Crippen LogP contribution in [0.15, 0.2) is 24.3 Å². The molecule has 1 rings (SSSR count). The van der Waals surface area contributed by atoms with E-state index in [0.29, 0.717) is 5.56 Å². The smallest absolute Gasteiger partial charge is 0.254 e. The number of para-hydroxylation sites is 1. The highest BCUT2D eigenvalue weighted by atomic mass is 16.3. The molecule has 2 N–H and O–H groups in total. The highest BCUT2D eigenvalue weighted by molar-refractivity contribution is 5.96. The van der Waals surface area contributed by atoms with Gasteiger partial charge in [0, 0.05) is 7.05 Å². The maximum atomic E-state index is 11.0.